The molecule has 20 heavy (non-hydrogen) atoms. The summed E-state index contributed by atoms with van der Waals surface area (Å²) in [6.45, 7) is 5.70. The molecule has 0 aromatic heterocycles. The van der Waals surface area contributed by atoms with E-state index >= 15 is 0 Å². The van der Waals surface area contributed by atoms with Gasteiger partial charge in [-0.05, 0) is 6.42 Å². The maximum atomic E-state index is 12.5. The van der Waals surface area contributed by atoms with Crippen molar-refractivity contribution in [2.24, 2.45) is 0 Å². The Hall–Kier alpha value is -0.950. The van der Waals surface area contributed by atoms with Crippen molar-refractivity contribution in [3.05, 3.63) is 0 Å². The molecule has 2 heterocycles. The lowest BCUT2D eigenvalue weighted by Crippen LogP contribution is -2.49. The van der Waals surface area contributed by atoms with Crippen LogP contribution in [-0.4, -0.2) is 74.3 Å². The molecule has 0 saturated carbocycles. The number of β-amino-alcohol motifs (C(OH)–C–C–N with tert-alkyl or cyclic N) is 1. The van der Waals surface area contributed by atoms with Crippen molar-refractivity contribution >= 4 is 23.8 Å². The number of hydrogen-bond acceptors (Lipinski definition) is 4. The first-order valence-corrected chi connectivity index (χ1v) is 7.89. The van der Waals surface area contributed by atoms with Crippen LogP contribution in [0.3, 0.4) is 0 Å². The van der Waals surface area contributed by atoms with Gasteiger partial charge in [-0.15, -0.1) is 0 Å². The molecule has 2 saturated heterocycles. The molecule has 0 aliphatic carbocycles. The van der Waals surface area contributed by atoms with Gasteiger partial charge in [-0.2, -0.15) is 11.8 Å². The maximum Gasteiger partial charge on any atom is 0.326 e. The lowest BCUT2D eigenvalue weighted by molar-refractivity contribution is -0.141. The Kier molecular flexibility index (Phi) is 4.49. The standard InChI is InChI=1S/C13H22N2O4S/c1-13(2)3-4-14(5-6-20-13)12(19)15-8-9(16)7-10(15)11(17)18/h9-10,16H,3-8H2,1-2H3,(H,17,18). The molecule has 0 spiro atoms. The fraction of sp³-hybridized carbons (Fsp3) is 0.846. The highest BCUT2D eigenvalue weighted by Crippen LogP contribution is 2.31. The van der Waals surface area contributed by atoms with E-state index in [1.54, 1.807) is 4.90 Å². The number of thioether (sulfide) groups is 1. The number of amides is 2. The van der Waals surface area contributed by atoms with Gasteiger partial charge < -0.3 is 20.0 Å². The van der Waals surface area contributed by atoms with Crippen molar-refractivity contribution in [2.75, 3.05) is 25.4 Å². The molecular formula is C13H22N2O4S. The van der Waals surface area contributed by atoms with Crippen molar-refractivity contribution in [1.29, 1.82) is 0 Å². The second kappa shape index (κ2) is 5.81. The van der Waals surface area contributed by atoms with Gasteiger partial charge in [-0.3, -0.25) is 0 Å². The van der Waals surface area contributed by atoms with Gasteiger partial charge in [0.25, 0.3) is 0 Å². The van der Waals surface area contributed by atoms with Gasteiger partial charge in [-0.25, -0.2) is 9.59 Å². The molecule has 2 N–H and O–H groups in total. The van der Waals surface area contributed by atoms with E-state index < -0.39 is 18.1 Å². The Morgan fingerprint density at radius 2 is 2.00 bits per heavy atom. The maximum absolute atomic E-state index is 12.5. The zero-order valence-corrected chi connectivity index (χ0v) is 12.7. The van der Waals surface area contributed by atoms with Crippen LogP contribution in [0.25, 0.3) is 0 Å². The fourth-order valence-electron chi connectivity index (χ4n) is 2.65. The lowest BCUT2D eigenvalue weighted by Gasteiger charge is -2.29. The molecule has 2 fully saturated rings. The minimum atomic E-state index is -1.04. The molecular weight excluding hydrogens is 280 g/mol. The van der Waals surface area contributed by atoms with E-state index in [1.807, 2.05) is 11.8 Å². The number of carbonyl (C=O) groups excluding carboxylic acids is 1. The summed E-state index contributed by atoms with van der Waals surface area (Å²) < 4.78 is 0.145. The Morgan fingerprint density at radius 1 is 1.30 bits per heavy atom. The molecule has 2 unspecified atom stereocenters. The molecule has 2 aliphatic rings. The second-order valence-electron chi connectivity index (χ2n) is 6.02. The quantitative estimate of drug-likeness (QED) is 0.750. The fourth-order valence-corrected chi connectivity index (χ4v) is 3.75. The minimum Gasteiger partial charge on any atom is -0.480 e. The summed E-state index contributed by atoms with van der Waals surface area (Å²) in [5.41, 5.74) is 0. The van der Waals surface area contributed by atoms with Crippen LogP contribution >= 0.6 is 11.8 Å². The van der Waals surface area contributed by atoms with Crippen LogP contribution < -0.4 is 0 Å². The summed E-state index contributed by atoms with van der Waals surface area (Å²) in [6.07, 6.45) is 0.269. The number of likely N-dealkylation sites (tertiary alicyclic amines) is 1. The van der Waals surface area contributed by atoms with E-state index in [4.69, 9.17) is 5.11 Å². The highest BCUT2D eigenvalue weighted by Gasteiger charge is 2.41. The number of carboxylic acid groups (broad SMARTS) is 1. The third-order valence-corrected chi connectivity index (χ3v) is 5.29. The zero-order chi connectivity index (χ0) is 14.9. The van der Waals surface area contributed by atoms with Crippen molar-refractivity contribution in [1.82, 2.24) is 9.80 Å². The monoisotopic (exact) mass is 302 g/mol. The molecule has 114 valence electrons. The van der Waals surface area contributed by atoms with Crippen molar-refractivity contribution in [3.8, 4) is 0 Å². The van der Waals surface area contributed by atoms with Crippen molar-refractivity contribution in [3.63, 3.8) is 0 Å². The number of carboxylic acids is 1. The average molecular weight is 302 g/mol. The van der Waals surface area contributed by atoms with Gasteiger partial charge in [0.15, 0.2) is 0 Å². The zero-order valence-electron chi connectivity index (χ0n) is 11.9. The van der Waals surface area contributed by atoms with E-state index in [1.165, 1.54) is 4.90 Å². The Morgan fingerprint density at radius 3 is 2.65 bits per heavy atom. The molecule has 2 atom stereocenters. The van der Waals surface area contributed by atoms with E-state index in [0.717, 1.165) is 12.2 Å². The van der Waals surface area contributed by atoms with Crippen LogP contribution in [0.5, 0.6) is 0 Å². The van der Waals surface area contributed by atoms with E-state index in [9.17, 15) is 14.7 Å². The van der Waals surface area contributed by atoms with Crippen LogP contribution in [-0.2, 0) is 4.79 Å². The smallest absolute Gasteiger partial charge is 0.326 e. The lowest BCUT2D eigenvalue weighted by atomic mass is 10.1. The van der Waals surface area contributed by atoms with Crippen molar-refractivity contribution < 1.29 is 19.8 Å². The van der Waals surface area contributed by atoms with Gasteiger partial charge in [0, 0.05) is 36.6 Å². The molecule has 0 bridgehead atoms. The molecule has 2 aliphatic heterocycles. The van der Waals surface area contributed by atoms with Gasteiger partial charge in [-0.1, -0.05) is 13.8 Å². The first kappa shape index (κ1) is 15.4. The second-order valence-corrected chi connectivity index (χ2v) is 7.83. The first-order chi connectivity index (χ1) is 9.30. The molecule has 0 radical (unpaired) electrons. The number of aliphatic hydroxyl groups is 1. The Bertz CT molecular complexity index is 402. The van der Waals surface area contributed by atoms with E-state index in [-0.39, 0.29) is 23.7 Å². The van der Waals surface area contributed by atoms with Crippen molar-refractivity contribution in [2.45, 2.75) is 43.6 Å². The summed E-state index contributed by atoms with van der Waals surface area (Å²) in [6, 6.07) is -1.16. The predicted molar refractivity (Wildman–Crippen MR) is 76.9 cm³/mol. The molecule has 0 aromatic carbocycles. The summed E-state index contributed by atoms with van der Waals surface area (Å²) in [5, 5.41) is 18.8. The Labute approximate surface area is 123 Å². The summed E-state index contributed by atoms with van der Waals surface area (Å²) >= 11 is 1.83. The van der Waals surface area contributed by atoms with Crippen LogP contribution in [0.15, 0.2) is 0 Å². The summed E-state index contributed by atoms with van der Waals surface area (Å²) in [4.78, 5) is 26.7. The number of carbonyl (C=O) groups is 2. The summed E-state index contributed by atoms with van der Waals surface area (Å²) in [5.74, 6) is -0.188. The number of hydrogen-bond donors (Lipinski definition) is 2. The van der Waals surface area contributed by atoms with E-state index in [2.05, 4.69) is 13.8 Å². The number of aliphatic carboxylic acids is 1. The third-order valence-electron chi connectivity index (χ3n) is 3.92. The van der Waals surface area contributed by atoms with Crippen LogP contribution in [0.4, 0.5) is 4.79 Å². The summed E-state index contributed by atoms with van der Waals surface area (Å²) in [7, 11) is 0. The SMILES string of the molecule is CC1(C)CCN(C(=O)N2CC(O)CC2C(=O)O)CCS1. The normalized spacial score (nSPS) is 30.1. The van der Waals surface area contributed by atoms with Crippen LogP contribution in [0.2, 0.25) is 0 Å². The van der Waals surface area contributed by atoms with Crippen LogP contribution in [0.1, 0.15) is 26.7 Å². The first-order valence-electron chi connectivity index (χ1n) is 6.90. The number of nitrogens with zero attached hydrogens (tertiary/aromatic N) is 2. The largest absolute Gasteiger partial charge is 0.480 e. The van der Waals surface area contributed by atoms with Gasteiger partial charge in [0.1, 0.15) is 6.04 Å². The molecule has 2 amide bonds. The number of rotatable bonds is 1. The number of aliphatic hydroxyl groups excluding tert-OH is 1. The molecule has 0 aromatic rings. The van der Waals surface area contributed by atoms with Gasteiger partial charge in [0.2, 0.25) is 0 Å². The predicted octanol–water partition coefficient (Wildman–Crippen LogP) is 0.844. The van der Waals surface area contributed by atoms with Crippen LogP contribution in [0, 0.1) is 0 Å². The third kappa shape index (κ3) is 3.38. The Balaban J connectivity index is 2.05. The minimum absolute atomic E-state index is 0.114. The topological polar surface area (TPSA) is 81.1 Å². The van der Waals surface area contributed by atoms with Gasteiger partial charge in [0.05, 0.1) is 6.10 Å². The average Bonchev–Trinajstić information content (AvgIpc) is 2.65. The number of urea groups is 1. The van der Waals surface area contributed by atoms with Gasteiger partial charge >= 0.3 is 12.0 Å². The highest BCUT2D eigenvalue weighted by molar-refractivity contribution is 8.00. The van der Waals surface area contributed by atoms with E-state index in [0.29, 0.717) is 13.1 Å². The molecule has 7 heteroatoms. The molecule has 2 rings (SSSR count). The molecule has 6 nitrogen and oxygen atoms in total. The highest BCUT2D eigenvalue weighted by atomic mass is 32.2.